The van der Waals surface area contributed by atoms with Crippen molar-refractivity contribution in [2.24, 2.45) is 23.7 Å². The van der Waals surface area contributed by atoms with E-state index in [4.69, 9.17) is 19.2 Å². The maximum absolute atomic E-state index is 14.7. The van der Waals surface area contributed by atoms with E-state index in [1.54, 1.807) is 43.7 Å². The Balaban J connectivity index is 1.89. The van der Waals surface area contributed by atoms with Crippen LogP contribution in [0.25, 0.3) is 0 Å². The van der Waals surface area contributed by atoms with Crippen molar-refractivity contribution in [3.63, 3.8) is 0 Å². The molecule has 1 aromatic heterocycles. The summed E-state index contributed by atoms with van der Waals surface area (Å²) in [6, 6.07) is 5.58. The molecule has 1 aromatic carbocycles. The van der Waals surface area contributed by atoms with Gasteiger partial charge in [0, 0.05) is 57.0 Å². The van der Waals surface area contributed by atoms with E-state index in [2.05, 4.69) is 31.0 Å². The first-order valence-electron chi connectivity index (χ1n) is 19.6. The number of aromatic nitrogens is 1. The largest absolute Gasteiger partial charge is 0.508 e. The number of Topliss-reactive ketones (excluding diaryl/α,β-unsaturated/α-hetero) is 1. The zero-order valence-electron chi connectivity index (χ0n) is 34.0. The molecule has 1 aliphatic rings. The second kappa shape index (κ2) is 23.0. The van der Waals surface area contributed by atoms with Crippen molar-refractivity contribution in [1.29, 1.82) is 0 Å². The zero-order valence-corrected chi connectivity index (χ0v) is 34.8. The number of aliphatic carboxylic acids is 1. The van der Waals surface area contributed by atoms with Crippen LogP contribution in [0.5, 0.6) is 5.75 Å². The minimum atomic E-state index is -0.962. The smallest absolute Gasteiger partial charge is 0.306 e. The lowest BCUT2D eigenvalue weighted by atomic mass is 9.82. The van der Waals surface area contributed by atoms with E-state index in [0.29, 0.717) is 31.0 Å². The van der Waals surface area contributed by atoms with Crippen LogP contribution in [0.4, 0.5) is 0 Å². The Labute approximate surface area is 331 Å². The van der Waals surface area contributed by atoms with Gasteiger partial charge in [-0.25, -0.2) is 4.98 Å². The van der Waals surface area contributed by atoms with E-state index in [0.717, 1.165) is 37.8 Å². The summed E-state index contributed by atoms with van der Waals surface area (Å²) in [4.78, 5) is 62.5. The molecule has 2 amide bonds. The maximum Gasteiger partial charge on any atom is 0.306 e. The number of nitrogens with one attached hydrogen (secondary N) is 1. The van der Waals surface area contributed by atoms with Gasteiger partial charge in [0.1, 0.15) is 29.3 Å². The Kier molecular flexibility index (Phi) is 19.2. The number of ketones is 1. The van der Waals surface area contributed by atoms with Crippen LogP contribution in [0.15, 0.2) is 29.6 Å². The molecule has 7 unspecified atom stereocenters. The molecule has 14 heteroatoms. The number of hydrogen-bond donors (Lipinski definition) is 3. The molecule has 3 rings (SSSR count). The Morgan fingerprint density at radius 1 is 1.05 bits per heavy atom. The third kappa shape index (κ3) is 13.9. The van der Waals surface area contributed by atoms with Crippen LogP contribution in [0.1, 0.15) is 107 Å². The van der Waals surface area contributed by atoms with Crippen molar-refractivity contribution >= 4 is 34.9 Å². The molecule has 3 N–H and O–H groups in total. The minimum absolute atomic E-state index is 0.00757. The summed E-state index contributed by atoms with van der Waals surface area (Å²) in [7, 11) is 5.12. The van der Waals surface area contributed by atoms with Gasteiger partial charge >= 0.3 is 5.97 Å². The van der Waals surface area contributed by atoms with Gasteiger partial charge in [-0.2, -0.15) is 0 Å². The maximum atomic E-state index is 14.7. The molecule has 13 nitrogen and oxygen atoms in total. The number of thiazole rings is 1. The summed E-state index contributed by atoms with van der Waals surface area (Å²) >= 11 is 1.27. The molecule has 2 heterocycles. The number of carbonyl (C=O) groups excluding carboxylic acids is 3. The molecule has 0 aliphatic carbocycles. The molecule has 0 radical (unpaired) electrons. The normalized spacial score (nSPS) is 18.2. The van der Waals surface area contributed by atoms with Crippen molar-refractivity contribution in [2.45, 2.75) is 110 Å². The number of likely N-dealkylation sites (N-methyl/N-ethyl adjacent to an activating group) is 1. The lowest BCUT2D eigenvalue weighted by molar-refractivity contribution is -0.146. The Hall–Kier alpha value is -3.43. The molecular weight excluding hydrogens is 725 g/mol. The number of carbonyl (C=O) groups is 4. The number of rotatable bonds is 24. The summed E-state index contributed by atoms with van der Waals surface area (Å²) in [5.74, 6) is -2.47. The van der Waals surface area contributed by atoms with Gasteiger partial charge in [0.25, 0.3) is 5.91 Å². The molecular formula is C41H64N4O9S. The van der Waals surface area contributed by atoms with Crippen molar-refractivity contribution < 1.29 is 43.6 Å². The minimum Gasteiger partial charge on any atom is -0.508 e. The number of piperidine rings is 1. The molecule has 1 fully saturated rings. The number of amides is 2. The predicted octanol–water partition coefficient (Wildman–Crippen LogP) is 5.96. The van der Waals surface area contributed by atoms with Crippen LogP contribution in [0.3, 0.4) is 0 Å². The number of carboxylic acid groups (broad SMARTS) is 1. The molecule has 0 saturated carbocycles. The third-order valence-electron chi connectivity index (χ3n) is 10.9. The number of methoxy groups -OCH3 is 2. The number of benzene rings is 1. The lowest BCUT2D eigenvalue weighted by Crippen LogP contribution is -2.50. The van der Waals surface area contributed by atoms with Gasteiger partial charge in [0.05, 0.1) is 18.6 Å². The highest BCUT2D eigenvalue weighted by Crippen LogP contribution is 2.33. The molecule has 308 valence electrons. The van der Waals surface area contributed by atoms with Gasteiger partial charge in [-0.05, 0) is 68.8 Å². The highest BCUT2D eigenvalue weighted by Gasteiger charge is 2.38. The van der Waals surface area contributed by atoms with Crippen LogP contribution in [-0.4, -0.2) is 114 Å². The SMILES string of the molecule is CCC(C)C(CC(=O)C1CCCCN1C)C(=O)N(CCOC)C(CC(OCOC)c1nc(C(=O)NC(Cc2ccc(O)cc2)CC(C)C(=O)O)cs1)C(C)C. The van der Waals surface area contributed by atoms with Gasteiger partial charge < -0.3 is 34.6 Å². The first kappa shape index (κ1) is 46.0. The monoisotopic (exact) mass is 788 g/mol. The standard InChI is InChI=1S/C41H64N4O9S/c1-9-27(4)32(22-36(47)34-12-10-11-17-44(34)6)40(49)45(18-19-52-7)35(26(2)3)23-37(54-25-53-8)39-43-33(24-55-39)38(48)42-30(20-28(5)41(50)51)21-29-13-15-31(46)16-14-29/h13-16,24,26-28,30,32,34-35,37,46H,9-12,17-23,25H2,1-8H3,(H,42,48)(H,50,51). The number of phenolic OH excluding ortho intramolecular Hbond substituents is 1. The van der Waals surface area contributed by atoms with E-state index < -0.39 is 35.9 Å². The van der Waals surface area contributed by atoms with Crippen LogP contribution in [-0.2, 0) is 35.0 Å². The fourth-order valence-electron chi connectivity index (χ4n) is 7.30. The Morgan fingerprint density at radius 2 is 1.76 bits per heavy atom. The van der Waals surface area contributed by atoms with E-state index in [1.165, 1.54) is 18.4 Å². The lowest BCUT2D eigenvalue weighted by Gasteiger charge is -2.40. The van der Waals surface area contributed by atoms with Crippen LogP contribution in [0, 0.1) is 23.7 Å². The van der Waals surface area contributed by atoms with Gasteiger partial charge in [-0.3, -0.25) is 24.1 Å². The highest BCUT2D eigenvalue weighted by atomic mass is 32.1. The number of carboxylic acids is 1. The molecule has 1 aliphatic heterocycles. The van der Waals surface area contributed by atoms with E-state index in [1.807, 2.05) is 18.9 Å². The summed E-state index contributed by atoms with van der Waals surface area (Å²) in [6.45, 7) is 11.3. The Morgan fingerprint density at radius 3 is 2.36 bits per heavy atom. The first-order valence-corrected chi connectivity index (χ1v) is 20.5. The summed E-state index contributed by atoms with van der Waals surface area (Å²) in [6.07, 6.45) is 4.11. The number of aromatic hydroxyl groups is 1. The molecule has 7 atom stereocenters. The van der Waals surface area contributed by atoms with Crippen molar-refractivity contribution in [2.75, 3.05) is 47.8 Å². The summed E-state index contributed by atoms with van der Waals surface area (Å²) in [5, 5.41) is 24.5. The zero-order chi connectivity index (χ0) is 40.7. The van der Waals surface area contributed by atoms with Gasteiger partial charge in [0.15, 0.2) is 5.78 Å². The van der Waals surface area contributed by atoms with E-state index in [9.17, 15) is 29.4 Å². The Bertz CT molecular complexity index is 1500. The summed E-state index contributed by atoms with van der Waals surface area (Å²) in [5.41, 5.74) is 1.00. The second-order valence-electron chi connectivity index (χ2n) is 15.4. The number of hydrogen-bond acceptors (Lipinski definition) is 11. The van der Waals surface area contributed by atoms with Gasteiger partial charge in [-0.15, -0.1) is 11.3 Å². The number of phenols is 1. The van der Waals surface area contributed by atoms with E-state index >= 15 is 0 Å². The summed E-state index contributed by atoms with van der Waals surface area (Å²) < 4.78 is 17.0. The average molecular weight is 789 g/mol. The quantitative estimate of drug-likeness (QED) is 0.108. The van der Waals surface area contributed by atoms with Crippen molar-refractivity contribution in [1.82, 2.24) is 20.1 Å². The number of nitrogens with zero attached hydrogens (tertiary/aromatic N) is 3. The van der Waals surface area contributed by atoms with Crippen LogP contribution >= 0.6 is 11.3 Å². The number of likely N-dealkylation sites (tertiary alicyclic amines) is 1. The molecule has 55 heavy (non-hydrogen) atoms. The third-order valence-corrected chi connectivity index (χ3v) is 11.8. The number of ether oxygens (including phenoxy) is 3. The molecule has 0 spiro atoms. The van der Waals surface area contributed by atoms with Crippen LogP contribution in [0.2, 0.25) is 0 Å². The highest BCUT2D eigenvalue weighted by molar-refractivity contribution is 7.09. The fourth-order valence-corrected chi connectivity index (χ4v) is 8.16. The van der Waals surface area contributed by atoms with Crippen LogP contribution < -0.4 is 5.32 Å². The van der Waals surface area contributed by atoms with E-state index in [-0.39, 0.29) is 66.7 Å². The topological polar surface area (TPSA) is 168 Å². The molecule has 2 aromatic rings. The van der Waals surface area contributed by atoms with Gasteiger partial charge in [0.2, 0.25) is 5.91 Å². The second-order valence-corrected chi connectivity index (χ2v) is 16.3. The average Bonchev–Trinajstić information content (AvgIpc) is 3.65. The van der Waals surface area contributed by atoms with Crippen molar-refractivity contribution in [3.05, 3.63) is 45.9 Å². The van der Waals surface area contributed by atoms with Gasteiger partial charge in [-0.1, -0.05) is 59.6 Å². The fraction of sp³-hybridized carbons (Fsp3) is 0.683. The first-order chi connectivity index (χ1) is 26.2. The molecule has 1 saturated heterocycles. The van der Waals surface area contributed by atoms with Crippen molar-refractivity contribution in [3.8, 4) is 5.75 Å². The molecule has 0 bridgehead atoms. The predicted molar refractivity (Wildman–Crippen MR) is 212 cm³/mol.